The number of amides is 1. The highest BCUT2D eigenvalue weighted by molar-refractivity contribution is 7.91. The molecule has 41 heavy (non-hydrogen) atoms. The fourth-order valence-electron chi connectivity index (χ4n) is 3.71. The third-order valence-electron chi connectivity index (χ3n) is 5.31. The van der Waals surface area contributed by atoms with E-state index in [2.05, 4.69) is 6.58 Å². The topological polar surface area (TPSA) is 63.2 Å². The maximum Gasteiger partial charge on any atom is 0.417 e. The van der Waals surface area contributed by atoms with E-state index in [0.717, 1.165) is 19.1 Å². The van der Waals surface area contributed by atoms with Crippen LogP contribution in [0.1, 0.15) is 45.5 Å². The van der Waals surface area contributed by atoms with Gasteiger partial charge < -0.3 is 5.32 Å². The molecule has 1 amide bonds. The number of alkyl halides is 9. The first-order valence-electron chi connectivity index (χ1n) is 11.2. The number of hydrogen-bond donors (Lipinski definition) is 1. The first-order chi connectivity index (χ1) is 18.5. The summed E-state index contributed by atoms with van der Waals surface area (Å²) in [5.41, 5.74) is -4.31. The van der Waals surface area contributed by atoms with Crippen molar-refractivity contribution < 1.29 is 57.1 Å². The van der Waals surface area contributed by atoms with Crippen molar-refractivity contribution in [2.24, 2.45) is 0 Å². The molecule has 2 unspecified atom stereocenters. The molecule has 2 aromatic rings. The lowest BCUT2D eigenvalue weighted by Crippen LogP contribution is -2.40. The molecule has 0 bridgehead atoms. The van der Waals surface area contributed by atoms with Crippen molar-refractivity contribution in [2.45, 2.75) is 37.4 Å². The van der Waals surface area contributed by atoms with Gasteiger partial charge in [-0.05, 0) is 48.4 Å². The average molecular weight is 640 g/mol. The second kappa shape index (κ2) is 12.4. The van der Waals surface area contributed by atoms with Crippen molar-refractivity contribution >= 4 is 39.2 Å². The number of hydrogen-bond acceptors (Lipinski definition) is 3. The van der Waals surface area contributed by atoms with Gasteiger partial charge in [-0.2, -0.15) is 39.5 Å². The van der Waals surface area contributed by atoms with Crippen LogP contribution in [0.3, 0.4) is 0 Å². The van der Waals surface area contributed by atoms with E-state index in [1.807, 2.05) is 5.32 Å². The van der Waals surface area contributed by atoms with Gasteiger partial charge in [0.25, 0.3) is 5.91 Å². The number of allylic oxidation sites excluding steroid dienone is 1. The lowest BCUT2D eigenvalue weighted by atomic mass is 9.94. The Balaban J connectivity index is 2.46. The molecule has 0 heterocycles. The molecular formula is C25H20ClF10NO3S. The highest BCUT2D eigenvalue weighted by Crippen LogP contribution is 2.40. The van der Waals surface area contributed by atoms with Gasteiger partial charge in [0.15, 0.2) is 9.84 Å². The molecule has 2 rings (SSSR count). The Hall–Kier alpha value is -3.07. The number of nitrogens with one attached hydrogen (secondary N) is 1. The predicted octanol–water partition coefficient (Wildman–Crippen LogP) is 7.75. The zero-order chi connectivity index (χ0) is 31.6. The molecule has 0 saturated carbocycles. The fraction of sp³-hybridized carbons (Fsp3) is 0.320. The smallest absolute Gasteiger partial charge is 0.349 e. The minimum absolute atomic E-state index is 0.0291. The molecule has 1 N–H and O–H groups in total. The average Bonchev–Trinajstić information content (AvgIpc) is 2.77. The Morgan fingerprint density at radius 1 is 1.02 bits per heavy atom. The molecule has 226 valence electrons. The predicted molar refractivity (Wildman–Crippen MR) is 133 cm³/mol. The van der Waals surface area contributed by atoms with E-state index in [0.29, 0.717) is 12.1 Å². The van der Waals surface area contributed by atoms with Gasteiger partial charge >= 0.3 is 18.5 Å². The van der Waals surface area contributed by atoms with E-state index in [4.69, 9.17) is 11.6 Å². The van der Waals surface area contributed by atoms with E-state index >= 15 is 0 Å². The summed E-state index contributed by atoms with van der Waals surface area (Å²) in [4.78, 5) is 12.5. The molecule has 0 aromatic heterocycles. The van der Waals surface area contributed by atoms with Crippen LogP contribution in [0.25, 0.3) is 11.9 Å². The van der Waals surface area contributed by atoms with Gasteiger partial charge in [0, 0.05) is 16.6 Å². The molecule has 0 spiro atoms. The summed E-state index contributed by atoms with van der Waals surface area (Å²) in [5, 5.41) is 1.68. The lowest BCUT2D eigenvalue weighted by molar-refractivity contribution is -0.140. The van der Waals surface area contributed by atoms with Crippen LogP contribution < -0.4 is 5.32 Å². The van der Waals surface area contributed by atoms with Gasteiger partial charge in [0.1, 0.15) is 17.5 Å². The Labute approximate surface area is 232 Å². The van der Waals surface area contributed by atoms with E-state index in [1.165, 1.54) is 12.1 Å². The van der Waals surface area contributed by atoms with Crippen LogP contribution in [0.4, 0.5) is 43.9 Å². The standard InChI is InChI=1S/C25H20ClF10NO3S/c1-3-14-6-16(8-17(26)7-14)19(24(31,32)33)10-21(27)15-4-5-18(20(9-15)25(34,35)36)22(38)37-13(2)11-41(39,40)12-23(28,29)30/h3-10,13,19H,1,11-12H2,2H3,(H,37,38)/b21-10-. The summed E-state index contributed by atoms with van der Waals surface area (Å²) >= 11 is 5.82. The third kappa shape index (κ3) is 10.1. The van der Waals surface area contributed by atoms with Gasteiger partial charge in [0.05, 0.1) is 16.9 Å². The molecule has 0 aliphatic carbocycles. The summed E-state index contributed by atoms with van der Waals surface area (Å²) in [7, 11) is -4.80. The second-order valence-electron chi connectivity index (χ2n) is 8.86. The van der Waals surface area contributed by atoms with Crippen LogP contribution in [-0.2, 0) is 16.0 Å². The Morgan fingerprint density at radius 3 is 2.15 bits per heavy atom. The minimum Gasteiger partial charge on any atom is -0.349 e. The van der Waals surface area contributed by atoms with E-state index in [-0.39, 0.29) is 22.7 Å². The van der Waals surface area contributed by atoms with Crippen molar-refractivity contribution in [3.8, 4) is 0 Å². The summed E-state index contributed by atoms with van der Waals surface area (Å²) in [6.07, 6.45) is -14.3. The first kappa shape index (κ1) is 34.1. The molecule has 0 fully saturated rings. The largest absolute Gasteiger partial charge is 0.417 e. The van der Waals surface area contributed by atoms with Gasteiger partial charge in [-0.25, -0.2) is 12.8 Å². The van der Waals surface area contributed by atoms with Gasteiger partial charge in [-0.1, -0.05) is 36.4 Å². The zero-order valence-electron chi connectivity index (χ0n) is 20.7. The summed E-state index contributed by atoms with van der Waals surface area (Å²) < 4.78 is 158. The van der Waals surface area contributed by atoms with Crippen LogP contribution in [0, 0.1) is 0 Å². The molecule has 4 nitrogen and oxygen atoms in total. The lowest BCUT2D eigenvalue weighted by Gasteiger charge is -2.20. The quantitative estimate of drug-likeness (QED) is 0.286. The normalized spacial score (nSPS) is 14.9. The highest BCUT2D eigenvalue weighted by atomic mass is 35.5. The Bertz CT molecular complexity index is 1430. The molecule has 0 aliphatic heterocycles. The number of carbonyl (C=O) groups is 1. The maximum absolute atomic E-state index is 15.0. The number of rotatable bonds is 9. The van der Waals surface area contributed by atoms with E-state index < -0.39 is 85.8 Å². The van der Waals surface area contributed by atoms with Crippen molar-refractivity contribution in [1.82, 2.24) is 5.32 Å². The second-order valence-corrected chi connectivity index (χ2v) is 11.4. The first-order valence-corrected chi connectivity index (χ1v) is 13.4. The van der Waals surface area contributed by atoms with Crippen molar-refractivity contribution in [2.75, 3.05) is 11.5 Å². The highest BCUT2D eigenvalue weighted by Gasteiger charge is 2.41. The molecule has 0 saturated heterocycles. The molecule has 2 atom stereocenters. The van der Waals surface area contributed by atoms with Crippen molar-refractivity contribution in [1.29, 1.82) is 0 Å². The monoisotopic (exact) mass is 639 g/mol. The summed E-state index contributed by atoms with van der Waals surface area (Å²) in [5.74, 6) is -9.41. The van der Waals surface area contributed by atoms with Gasteiger partial charge in [-0.15, -0.1) is 0 Å². The number of benzene rings is 2. The van der Waals surface area contributed by atoms with Crippen LogP contribution >= 0.6 is 11.6 Å². The van der Waals surface area contributed by atoms with Crippen LogP contribution in [-0.4, -0.2) is 44.2 Å². The van der Waals surface area contributed by atoms with Crippen molar-refractivity contribution in [3.63, 3.8) is 0 Å². The van der Waals surface area contributed by atoms with Crippen LogP contribution in [0.2, 0.25) is 5.02 Å². The Kier molecular flexibility index (Phi) is 10.3. The Morgan fingerprint density at radius 2 is 1.63 bits per heavy atom. The zero-order valence-corrected chi connectivity index (χ0v) is 22.3. The van der Waals surface area contributed by atoms with Gasteiger partial charge in [-0.3, -0.25) is 4.79 Å². The molecule has 16 heteroatoms. The maximum atomic E-state index is 15.0. The molecule has 2 aromatic carbocycles. The minimum atomic E-state index is -5.34. The SMILES string of the molecule is C=Cc1cc(Cl)cc(C(/C=C(\F)c2ccc(C(=O)NC(C)CS(=O)(=O)CC(F)(F)F)c(C(F)(F)F)c2)C(F)(F)F)c1. The number of halogens is 11. The summed E-state index contributed by atoms with van der Waals surface area (Å²) in [6.45, 7) is 4.34. The molecule has 0 radical (unpaired) electrons. The van der Waals surface area contributed by atoms with Gasteiger partial charge in [0.2, 0.25) is 0 Å². The van der Waals surface area contributed by atoms with Crippen LogP contribution in [0.5, 0.6) is 0 Å². The molecular weight excluding hydrogens is 620 g/mol. The number of carbonyl (C=O) groups excluding carboxylic acids is 1. The van der Waals surface area contributed by atoms with Crippen LogP contribution in [0.15, 0.2) is 49.1 Å². The number of sulfone groups is 1. The fourth-order valence-corrected chi connectivity index (χ4v) is 5.43. The third-order valence-corrected chi connectivity index (χ3v) is 7.31. The molecule has 0 aliphatic rings. The van der Waals surface area contributed by atoms with E-state index in [9.17, 15) is 57.1 Å². The van der Waals surface area contributed by atoms with Crippen molar-refractivity contribution in [3.05, 3.63) is 81.9 Å². The van der Waals surface area contributed by atoms with E-state index in [1.54, 1.807) is 0 Å². The summed E-state index contributed by atoms with van der Waals surface area (Å²) in [6, 6.07) is 2.70.